The Morgan fingerprint density at radius 1 is 0.929 bits per heavy atom. The van der Waals surface area contributed by atoms with E-state index >= 15 is 0 Å². The first-order valence-corrected chi connectivity index (χ1v) is 5.04. The Kier molecular flexibility index (Phi) is 7.09. The van der Waals surface area contributed by atoms with Crippen molar-refractivity contribution in [1.82, 2.24) is 0 Å². The van der Waals surface area contributed by atoms with Crippen LogP contribution in [0.5, 0.6) is 0 Å². The summed E-state index contributed by atoms with van der Waals surface area (Å²) in [6, 6.07) is 0. The monoisotopic (exact) mass is 206 g/mol. The maximum atomic E-state index is 5.45. The van der Waals surface area contributed by atoms with Crippen molar-refractivity contribution in [2.45, 2.75) is 39.3 Å². The molecule has 0 heterocycles. The second-order valence-electron chi connectivity index (χ2n) is 2.82. The summed E-state index contributed by atoms with van der Waals surface area (Å²) in [5.41, 5.74) is 0. The van der Waals surface area contributed by atoms with E-state index in [4.69, 9.17) is 18.9 Å². The lowest BCUT2D eigenvalue weighted by molar-refractivity contribution is -0.337. The zero-order chi connectivity index (χ0) is 11.0. The van der Waals surface area contributed by atoms with E-state index in [-0.39, 0.29) is 0 Å². The number of methoxy groups -OCH3 is 2. The Balaban J connectivity index is 4.52. The van der Waals surface area contributed by atoms with Gasteiger partial charge in [-0.3, -0.25) is 0 Å². The van der Waals surface area contributed by atoms with Gasteiger partial charge in [-0.2, -0.15) is 0 Å². The third kappa shape index (κ3) is 3.20. The van der Waals surface area contributed by atoms with Crippen LogP contribution in [0.25, 0.3) is 0 Å². The zero-order valence-corrected chi connectivity index (χ0v) is 9.83. The fraction of sp³-hybridized carbons (Fsp3) is 1.00. The van der Waals surface area contributed by atoms with E-state index in [1.807, 2.05) is 20.8 Å². The molecular weight excluding hydrogens is 184 g/mol. The Morgan fingerprint density at radius 3 is 1.57 bits per heavy atom. The predicted octanol–water partition coefficient (Wildman–Crippen LogP) is 1.78. The van der Waals surface area contributed by atoms with Crippen molar-refractivity contribution >= 4 is 0 Å². The van der Waals surface area contributed by atoms with Gasteiger partial charge in [0.1, 0.15) is 0 Å². The minimum Gasteiger partial charge on any atom is -0.349 e. The second-order valence-corrected chi connectivity index (χ2v) is 2.82. The number of rotatable bonds is 8. The average molecular weight is 206 g/mol. The van der Waals surface area contributed by atoms with Crippen LogP contribution >= 0.6 is 0 Å². The number of ether oxygens (including phenoxy) is 4. The first kappa shape index (κ1) is 13.8. The van der Waals surface area contributed by atoms with Crippen molar-refractivity contribution in [1.29, 1.82) is 0 Å². The summed E-state index contributed by atoms with van der Waals surface area (Å²) in [7, 11) is 3.19. The first-order valence-electron chi connectivity index (χ1n) is 5.04. The maximum absolute atomic E-state index is 5.45. The highest BCUT2D eigenvalue weighted by molar-refractivity contribution is 4.72. The summed E-state index contributed by atoms with van der Waals surface area (Å²) < 4.78 is 21.6. The molecule has 4 nitrogen and oxygen atoms in total. The average Bonchev–Trinajstić information content (AvgIpc) is 2.22. The standard InChI is InChI=1S/C10H22O4/c1-6-10(11-4,12-5)9(13-7-2)14-8-3/h9H,6-8H2,1-5H3. The highest BCUT2D eigenvalue weighted by Crippen LogP contribution is 2.24. The third-order valence-electron chi connectivity index (χ3n) is 2.18. The van der Waals surface area contributed by atoms with Gasteiger partial charge < -0.3 is 18.9 Å². The van der Waals surface area contributed by atoms with E-state index < -0.39 is 12.1 Å². The quantitative estimate of drug-likeness (QED) is 0.567. The third-order valence-corrected chi connectivity index (χ3v) is 2.18. The topological polar surface area (TPSA) is 36.9 Å². The van der Waals surface area contributed by atoms with E-state index in [0.717, 1.165) is 0 Å². The summed E-state index contributed by atoms with van der Waals surface area (Å²) in [6.45, 7) is 6.94. The van der Waals surface area contributed by atoms with Crippen LogP contribution in [0.4, 0.5) is 0 Å². The molecule has 0 radical (unpaired) electrons. The van der Waals surface area contributed by atoms with Gasteiger partial charge in [0.2, 0.25) is 12.1 Å². The van der Waals surface area contributed by atoms with Crippen LogP contribution in [0.1, 0.15) is 27.2 Å². The van der Waals surface area contributed by atoms with Crippen LogP contribution in [0.15, 0.2) is 0 Å². The molecule has 0 aromatic carbocycles. The predicted molar refractivity (Wildman–Crippen MR) is 54.1 cm³/mol. The normalized spacial score (nSPS) is 12.4. The van der Waals surface area contributed by atoms with E-state index in [9.17, 15) is 0 Å². The van der Waals surface area contributed by atoms with Crippen molar-refractivity contribution in [2.24, 2.45) is 0 Å². The molecule has 0 aromatic heterocycles. The fourth-order valence-electron chi connectivity index (χ4n) is 1.34. The maximum Gasteiger partial charge on any atom is 0.219 e. The Bertz CT molecular complexity index is 120. The van der Waals surface area contributed by atoms with E-state index in [1.165, 1.54) is 0 Å². The molecule has 0 aliphatic rings. The van der Waals surface area contributed by atoms with Crippen molar-refractivity contribution in [3.05, 3.63) is 0 Å². The molecule has 0 aliphatic carbocycles. The number of hydrogen-bond donors (Lipinski definition) is 0. The largest absolute Gasteiger partial charge is 0.349 e. The number of hydrogen-bond acceptors (Lipinski definition) is 4. The van der Waals surface area contributed by atoms with E-state index in [1.54, 1.807) is 14.2 Å². The zero-order valence-electron chi connectivity index (χ0n) is 9.83. The Labute approximate surface area is 86.5 Å². The molecule has 0 N–H and O–H groups in total. The van der Waals surface area contributed by atoms with Gasteiger partial charge in [0.25, 0.3) is 0 Å². The Morgan fingerprint density at radius 2 is 1.36 bits per heavy atom. The molecule has 0 rings (SSSR count). The molecule has 0 atom stereocenters. The van der Waals surface area contributed by atoms with E-state index in [0.29, 0.717) is 19.6 Å². The molecule has 0 aromatic rings. The molecule has 0 saturated carbocycles. The lowest BCUT2D eigenvalue weighted by atomic mass is 10.2. The van der Waals surface area contributed by atoms with Crippen LogP contribution in [0.3, 0.4) is 0 Å². The van der Waals surface area contributed by atoms with Crippen molar-refractivity contribution < 1.29 is 18.9 Å². The smallest absolute Gasteiger partial charge is 0.219 e. The van der Waals surface area contributed by atoms with Gasteiger partial charge in [-0.15, -0.1) is 0 Å². The lowest BCUT2D eigenvalue weighted by Gasteiger charge is -2.36. The van der Waals surface area contributed by atoms with Gasteiger partial charge in [-0.25, -0.2) is 0 Å². The minimum atomic E-state index is -0.800. The van der Waals surface area contributed by atoms with Crippen molar-refractivity contribution in [2.75, 3.05) is 27.4 Å². The summed E-state index contributed by atoms with van der Waals surface area (Å²) in [6.07, 6.45) is 0.197. The molecule has 86 valence electrons. The van der Waals surface area contributed by atoms with Crippen LogP contribution in [-0.2, 0) is 18.9 Å². The van der Waals surface area contributed by atoms with Crippen molar-refractivity contribution in [3.8, 4) is 0 Å². The van der Waals surface area contributed by atoms with Crippen LogP contribution in [0.2, 0.25) is 0 Å². The van der Waals surface area contributed by atoms with Crippen LogP contribution in [0, 0.1) is 0 Å². The summed E-state index contributed by atoms with van der Waals surface area (Å²) in [4.78, 5) is 0. The van der Waals surface area contributed by atoms with Gasteiger partial charge in [-0.1, -0.05) is 6.92 Å². The fourth-order valence-corrected chi connectivity index (χ4v) is 1.34. The summed E-state index contributed by atoms with van der Waals surface area (Å²) >= 11 is 0. The van der Waals surface area contributed by atoms with Crippen LogP contribution in [-0.4, -0.2) is 39.5 Å². The molecular formula is C10H22O4. The minimum absolute atomic E-state index is 0.475. The van der Waals surface area contributed by atoms with Gasteiger partial charge >= 0.3 is 0 Å². The molecule has 0 saturated heterocycles. The molecule has 4 heteroatoms. The Hall–Kier alpha value is -0.160. The molecule has 0 unspecified atom stereocenters. The lowest BCUT2D eigenvalue weighted by Crippen LogP contribution is -2.48. The molecule has 0 spiro atoms. The summed E-state index contributed by atoms with van der Waals surface area (Å²) in [5, 5.41) is 0. The molecule has 14 heavy (non-hydrogen) atoms. The second kappa shape index (κ2) is 7.17. The molecule has 0 aliphatic heterocycles. The first-order chi connectivity index (χ1) is 6.70. The highest BCUT2D eigenvalue weighted by Gasteiger charge is 2.39. The highest BCUT2D eigenvalue weighted by atomic mass is 16.8. The van der Waals surface area contributed by atoms with Gasteiger partial charge in [-0.05, 0) is 13.8 Å². The summed E-state index contributed by atoms with van der Waals surface area (Å²) in [5.74, 6) is -0.800. The van der Waals surface area contributed by atoms with Crippen molar-refractivity contribution in [3.63, 3.8) is 0 Å². The van der Waals surface area contributed by atoms with Crippen LogP contribution < -0.4 is 0 Å². The van der Waals surface area contributed by atoms with E-state index in [2.05, 4.69) is 0 Å². The molecule has 0 bridgehead atoms. The van der Waals surface area contributed by atoms with Gasteiger partial charge in [0, 0.05) is 33.9 Å². The molecule has 0 fully saturated rings. The SMILES string of the molecule is CCOC(OCC)C(CC)(OC)OC. The van der Waals surface area contributed by atoms with Gasteiger partial charge in [0.15, 0.2) is 0 Å². The molecule has 0 amide bonds. The van der Waals surface area contributed by atoms with Gasteiger partial charge in [0.05, 0.1) is 0 Å².